The second-order valence-corrected chi connectivity index (χ2v) is 15.2. The quantitative estimate of drug-likeness (QED) is 0.0275. The summed E-state index contributed by atoms with van der Waals surface area (Å²) in [6.45, 7) is 3.53. The van der Waals surface area contributed by atoms with Crippen LogP contribution in [0.15, 0.2) is 72.9 Å². The Labute approximate surface area is 329 Å². The number of carbonyl (C=O) groups is 2. The zero-order valence-electron chi connectivity index (χ0n) is 34.1. The van der Waals surface area contributed by atoms with Crippen LogP contribution in [-0.4, -0.2) is 41.0 Å². The molecule has 0 aliphatic rings. The van der Waals surface area contributed by atoms with E-state index in [1.165, 1.54) is 64.2 Å². The Hall–Kier alpha value is -2.51. The number of allylic oxidation sites excluding steroid dienone is 12. The van der Waals surface area contributed by atoms with Gasteiger partial charge in [0.15, 0.2) is 6.10 Å². The number of ether oxygens (including phenoxy) is 2. The zero-order valence-corrected chi connectivity index (χ0v) is 35.0. The lowest BCUT2D eigenvalue weighted by Crippen LogP contribution is -2.29. The van der Waals surface area contributed by atoms with E-state index in [0.717, 1.165) is 77.0 Å². The van der Waals surface area contributed by atoms with Gasteiger partial charge in [0.1, 0.15) is 6.61 Å². The SMILES string of the molecule is CC/C=C\C/C=C\C/C=C\C/C=C\C/C=C\CCCCCC(=O)OC[C@H](COP(=O)(O)O)OC(=O)CCCCCCCCC/C=C\CCCCCCCC. The van der Waals surface area contributed by atoms with Gasteiger partial charge in [0, 0.05) is 12.8 Å². The molecule has 0 amide bonds. The third kappa shape index (κ3) is 42.2. The van der Waals surface area contributed by atoms with E-state index in [0.29, 0.717) is 12.8 Å². The van der Waals surface area contributed by atoms with Crippen molar-refractivity contribution in [1.29, 1.82) is 0 Å². The molecule has 0 saturated carbocycles. The van der Waals surface area contributed by atoms with Crippen LogP contribution in [0.2, 0.25) is 0 Å². The van der Waals surface area contributed by atoms with Crippen LogP contribution in [0.3, 0.4) is 0 Å². The largest absolute Gasteiger partial charge is 0.469 e. The Morgan fingerprint density at radius 2 is 0.889 bits per heavy atom. The monoisotopic (exact) mass is 777 g/mol. The summed E-state index contributed by atoms with van der Waals surface area (Å²) in [5.41, 5.74) is 0. The van der Waals surface area contributed by atoms with E-state index < -0.39 is 32.5 Å². The van der Waals surface area contributed by atoms with Crippen molar-refractivity contribution >= 4 is 19.8 Å². The van der Waals surface area contributed by atoms with Crippen LogP contribution in [0.5, 0.6) is 0 Å². The van der Waals surface area contributed by atoms with Crippen LogP contribution in [0.25, 0.3) is 0 Å². The molecule has 8 nitrogen and oxygen atoms in total. The third-order valence-corrected chi connectivity index (χ3v) is 9.19. The summed E-state index contributed by atoms with van der Waals surface area (Å²) in [7, 11) is -4.77. The fraction of sp³-hybridized carbons (Fsp3) is 0.689. The van der Waals surface area contributed by atoms with Crippen molar-refractivity contribution in [1.82, 2.24) is 0 Å². The van der Waals surface area contributed by atoms with E-state index in [4.69, 9.17) is 19.3 Å². The molecule has 0 saturated heterocycles. The van der Waals surface area contributed by atoms with E-state index in [1.54, 1.807) is 0 Å². The maximum Gasteiger partial charge on any atom is 0.469 e. The van der Waals surface area contributed by atoms with E-state index in [1.807, 2.05) is 0 Å². The van der Waals surface area contributed by atoms with E-state index >= 15 is 0 Å². The Bertz CT molecular complexity index is 1100. The molecule has 0 fully saturated rings. The van der Waals surface area contributed by atoms with Crippen molar-refractivity contribution in [2.45, 2.75) is 187 Å². The van der Waals surface area contributed by atoms with Gasteiger partial charge < -0.3 is 19.3 Å². The summed E-state index contributed by atoms with van der Waals surface area (Å²) in [5, 5.41) is 0. The van der Waals surface area contributed by atoms with Gasteiger partial charge in [-0.3, -0.25) is 14.1 Å². The molecule has 310 valence electrons. The average molecular weight is 777 g/mol. The first kappa shape index (κ1) is 51.5. The average Bonchev–Trinajstić information content (AvgIpc) is 3.14. The lowest BCUT2D eigenvalue weighted by atomic mass is 10.1. The first-order valence-corrected chi connectivity index (χ1v) is 22.8. The fourth-order valence-corrected chi connectivity index (χ4v) is 5.93. The van der Waals surface area contributed by atoms with Crippen molar-refractivity contribution < 1.29 is 37.9 Å². The van der Waals surface area contributed by atoms with Crippen LogP contribution >= 0.6 is 7.82 Å². The van der Waals surface area contributed by atoms with Crippen LogP contribution in [-0.2, 0) is 28.2 Å². The molecule has 0 bridgehead atoms. The number of carbonyl (C=O) groups excluding carboxylic acids is 2. The standard InChI is InChI=1S/C45H77O8P/c1-3-5-7-9-11-13-15-17-19-21-22-24-25-27-29-31-33-35-37-39-44(46)51-41-43(42-52-54(48,49)50)53-45(47)40-38-36-34-32-30-28-26-23-20-18-16-14-12-10-8-6-4-2/h5,7,11,13,17-20,22,24,27,29,43H,3-4,6,8-10,12,14-16,21,23,25-26,28,30-42H2,1-2H3,(H2,48,49,50)/b7-5-,13-11-,19-17-,20-18-,24-22-,29-27-/t43-/m1/s1. The summed E-state index contributed by atoms with van der Waals surface area (Å²) >= 11 is 0. The number of esters is 2. The first-order valence-electron chi connectivity index (χ1n) is 21.2. The normalized spacial score (nSPS) is 13.2. The maximum atomic E-state index is 12.4. The molecule has 0 spiro atoms. The third-order valence-electron chi connectivity index (χ3n) is 8.71. The van der Waals surface area contributed by atoms with Gasteiger partial charge in [-0.05, 0) is 83.5 Å². The van der Waals surface area contributed by atoms with Crippen molar-refractivity contribution in [2.75, 3.05) is 13.2 Å². The molecule has 0 heterocycles. The zero-order chi connectivity index (χ0) is 39.6. The molecule has 0 radical (unpaired) electrons. The highest BCUT2D eigenvalue weighted by Crippen LogP contribution is 2.36. The predicted octanol–water partition coefficient (Wildman–Crippen LogP) is 13.1. The Kier molecular flexibility index (Phi) is 38.3. The second-order valence-electron chi connectivity index (χ2n) is 13.9. The molecule has 0 aromatic heterocycles. The van der Waals surface area contributed by atoms with Gasteiger partial charge in [-0.2, -0.15) is 0 Å². The van der Waals surface area contributed by atoms with Crippen LogP contribution in [0.1, 0.15) is 181 Å². The van der Waals surface area contributed by atoms with Gasteiger partial charge in [0.2, 0.25) is 0 Å². The molecule has 0 aromatic carbocycles. The lowest BCUT2D eigenvalue weighted by molar-refractivity contribution is -0.161. The predicted molar refractivity (Wildman–Crippen MR) is 225 cm³/mol. The highest BCUT2D eigenvalue weighted by atomic mass is 31.2. The van der Waals surface area contributed by atoms with E-state index in [2.05, 4.69) is 91.3 Å². The molecule has 0 aliphatic heterocycles. The van der Waals surface area contributed by atoms with Gasteiger partial charge in [-0.15, -0.1) is 0 Å². The minimum Gasteiger partial charge on any atom is -0.462 e. The van der Waals surface area contributed by atoms with Crippen molar-refractivity contribution in [3.8, 4) is 0 Å². The number of phosphoric ester groups is 1. The van der Waals surface area contributed by atoms with E-state index in [9.17, 15) is 14.2 Å². The molecule has 0 aliphatic carbocycles. The van der Waals surface area contributed by atoms with Crippen molar-refractivity contribution in [2.24, 2.45) is 0 Å². The summed E-state index contributed by atoms with van der Waals surface area (Å²) in [6.07, 6.45) is 51.9. The molecular formula is C45H77O8P. The molecular weight excluding hydrogens is 699 g/mol. The number of phosphoric acid groups is 1. The molecule has 54 heavy (non-hydrogen) atoms. The Balaban J connectivity index is 4.00. The number of unbranched alkanes of at least 4 members (excludes halogenated alkanes) is 16. The molecule has 0 aromatic rings. The highest BCUT2D eigenvalue weighted by molar-refractivity contribution is 7.46. The summed E-state index contributed by atoms with van der Waals surface area (Å²) in [6, 6.07) is 0. The molecule has 9 heteroatoms. The topological polar surface area (TPSA) is 119 Å². The molecule has 0 unspecified atom stereocenters. The van der Waals surface area contributed by atoms with E-state index in [-0.39, 0.29) is 19.4 Å². The second kappa shape index (κ2) is 40.2. The fourth-order valence-electron chi connectivity index (χ4n) is 5.57. The van der Waals surface area contributed by atoms with Crippen molar-refractivity contribution in [3.63, 3.8) is 0 Å². The van der Waals surface area contributed by atoms with Crippen LogP contribution in [0, 0.1) is 0 Å². The first-order chi connectivity index (χ1) is 26.3. The lowest BCUT2D eigenvalue weighted by Gasteiger charge is -2.18. The summed E-state index contributed by atoms with van der Waals surface area (Å²) in [4.78, 5) is 42.9. The number of hydrogen-bond acceptors (Lipinski definition) is 6. The van der Waals surface area contributed by atoms with Gasteiger partial charge in [0.05, 0.1) is 6.61 Å². The Morgan fingerprint density at radius 1 is 0.500 bits per heavy atom. The number of rotatable bonds is 38. The van der Waals surface area contributed by atoms with Gasteiger partial charge in [0.25, 0.3) is 0 Å². The number of hydrogen-bond donors (Lipinski definition) is 2. The smallest absolute Gasteiger partial charge is 0.462 e. The van der Waals surface area contributed by atoms with Gasteiger partial charge in [-0.25, -0.2) is 4.57 Å². The summed E-state index contributed by atoms with van der Waals surface area (Å²) in [5.74, 6) is -0.931. The Morgan fingerprint density at radius 3 is 1.37 bits per heavy atom. The molecule has 0 rings (SSSR count). The molecule has 2 N–H and O–H groups in total. The van der Waals surface area contributed by atoms with Gasteiger partial charge >= 0.3 is 19.8 Å². The minimum atomic E-state index is -4.77. The van der Waals surface area contributed by atoms with Gasteiger partial charge in [-0.1, -0.05) is 157 Å². The van der Waals surface area contributed by atoms with Crippen LogP contribution in [0.4, 0.5) is 0 Å². The minimum absolute atomic E-state index is 0.196. The molecule has 1 atom stereocenters. The maximum absolute atomic E-state index is 12.4. The highest BCUT2D eigenvalue weighted by Gasteiger charge is 2.22. The summed E-state index contributed by atoms with van der Waals surface area (Å²) < 4.78 is 26.4. The van der Waals surface area contributed by atoms with Crippen LogP contribution < -0.4 is 0 Å². The van der Waals surface area contributed by atoms with Crippen molar-refractivity contribution in [3.05, 3.63) is 72.9 Å².